The highest BCUT2D eigenvalue weighted by Crippen LogP contribution is 2.32. The van der Waals surface area contributed by atoms with E-state index in [1.807, 2.05) is 19.2 Å². The van der Waals surface area contributed by atoms with Crippen LogP contribution < -0.4 is 10.1 Å². The lowest BCUT2D eigenvalue weighted by Gasteiger charge is -2.11. The van der Waals surface area contributed by atoms with Crippen molar-refractivity contribution in [2.45, 2.75) is 26.7 Å². The summed E-state index contributed by atoms with van der Waals surface area (Å²) in [7, 11) is 1.46. The molecule has 23 heavy (non-hydrogen) atoms. The van der Waals surface area contributed by atoms with Gasteiger partial charge in [0.2, 0.25) is 0 Å². The molecule has 1 aromatic heterocycles. The molecule has 1 amide bonds. The average Bonchev–Trinajstić information content (AvgIpc) is 2.97. The van der Waals surface area contributed by atoms with Crippen LogP contribution >= 0.6 is 22.9 Å². The Balaban J connectivity index is 2.32. The smallest absolute Gasteiger partial charge is 0.284 e. The quantitative estimate of drug-likeness (QED) is 0.810. The molecule has 0 fully saturated rings. The van der Waals surface area contributed by atoms with Crippen LogP contribution in [0.4, 0.5) is 5.69 Å². The standard InChI is InChI=1S/C16H17ClN2O3S/c1-8(2)13-7-23-16(19-13)15(21)18-12-6-11(17)14(22-4)5-10(12)9(3)20/h5-8H,1-4H3,(H,18,21). The number of rotatable bonds is 5. The van der Waals surface area contributed by atoms with Gasteiger partial charge in [0.15, 0.2) is 10.8 Å². The fourth-order valence-corrected chi connectivity index (χ4v) is 3.05. The number of thiazole rings is 1. The van der Waals surface area contributed by atoms with E-state index >= 15 is 0 Å². The number of ketones is 1. The van der Waals surface area contributed by atoms with Crippen LogP contribution in [0.5, 0.6) is 5.75 Å². The number of nitrogens with zero attached hydrogens (tertiary/aromatic N) is 1. The van der Waals surface area contributed by atoms with Crippen LogP contribution in [0.3, 0.4) is 0 Å². The zero-order valence-electron chi connectivity index (χ0n) is 13.3. The van der Waals surface area contributed by atoms with Crippen molar-refractivity contribution in [2.75, 3.05) is 12.4 Å². The van der Waals surface area contributed by atoms with Crippen molar-refractivity contribution < 1.29 is 14.3 Å². The second kappa shape index (κ2) is 7.10. The van der Waals surface area contributed by atoms with Crippen LogP contribution in [0.1, 0.15) is 52.5 Å². The summed E-state index contributed by atoms with van der Waals surface area (Å²) >= 11 is 7.35. The van der Waals surface area contributed by atoms with Crippen LogP contribution in [-0.4, -0.2) is 23.8 Å². The van der Waals surface area contributed by atoms with Gasteiger partial charge in [0.25, 0.3) is 5.91 Å². The summed E-state index contributed by atoms with van der Waals surface area (Å²) in [5.74, 6) is 0.0603. The molecule has 0 spiro atoms. The molecule has 0 unspecified atom stereocenters. The number of aromatic nitrogens is 1. The summed E-state index contributed by atoms with van der Waals surface area (Å²) in [5, 5.41) is 5.21. The van der Waals surface area contributed by atoms with Gasteiger partial charge in [-0.3, -0.25) is 9.59 Å². The van der Waals surface area contributed by atoms with Crippen molar-refractivity contribution in [3.63, 3.8) is 0 Å². The first kappa shape index (κ1) is 17.4. The molecule has 2 rings (SSSR count). The minimum absolute atomic E-state index is 0.197. The van der Waals surface area contributed by atoms with Crippen molar-refractivity contribution in [1.29, 1.82) is 0 Å². The van der Waals surface area contributed by atoms with E-state index in [9.17, 15) is 9.59 Å². The monoisotopic (exact) mass is 352 g/mol. The summed E-state index contributed by atoms with van der Waals surface area (Å²) in [6.45, 7) is 5.43. The Hall–Kier alpha value is -1.92. The Labute approximate surface area is 143 Å². The topological polar surface area (TPSA) is 68.3 Å². The molecular formula is C16H17ClN2O3S. The van der Waals surface area contributed by atoms with Crippen LogP contribution in [0.15, 0.2) is 17.5 Å². The highest BCUT2D eigenvalue weighted by Gasteiger charge is 2.18. The molecule has 0 atom stereocenters. The number of amides is 1. The fourth-order valence-electron chi connectivity index (χ4n) is 1.94. The maximum Gasteiger partial charge on any atom is 0.284 e. The molecule has 1 aromatic carbocycles. The Morgan fingerprint density at radius 1 is 1.35 bits per heavy atom. The second-order valence-electron chi connectivity index (χ2n) is 5.27. The predicted molar refractivity (Wildman–Crippen MR) is 92.2 cm³/mol. The van der Waals surface area contributed by atoms with Crippen LogP contribution in [-0.2, 0) is 0 Å². The number of anilines is 1. The lowest BCUT2D eigenvalue weighted by Crippen LogP contribution is -2.14. The van der Waals surface area contributed by atoms with Gasteiger partial charge in [-0.05, 0) is 25.0 Å². The van der Waals surface area contributed by atoms with Crippen molar-refractivity contribution in [3.8, 4) is 5.75 Å². The molecule has 0 aliphatic heterocycles. The normalized spacial score (nSPS) is 10.7. The van der Waals surface area contributed by atoms with Gasteiger partial charge in [-0.25, -0.2) is 4.98 Å². The van der Waals surface area contributed by atoms with Crippen molar-refractivity contribution >= 4 is 40.3 Å². The second-order valence-corrected chi connectivity index (χ2v) is 6.54. The Morgan fingerprint density at radius 2 is 2.04 bits per heavy atom. The molecule has 0 saturated heterocycles. The van der Waals surface area contributed by atoms with Gasteiger partial charge in [-0.15, -0.1) is 11.3 Å². The van der Waals surface area contributed by atoms with Crippen molar-refractivity contribution in [2.24, 2.45) is 0 Å². The van der Waals surface area contributed by atoms with E-state index in [-0.39, 0.29) is 17.6 Å². The summed E-state index contributed by atoms with van der Waals surface area (Å²) < 4.78 is 5.10. The lowest BCUT2D eigenvalue weighted by molar-refractivity contribution is 0.101. The predicted octanol–water partition coefficient (Wildman–Crippen LogP) is 4.38. The van der Waals surface area contributed by atoms with E-state index in [4.69, 9.17) is 16.3 Å². The number of nitrogens with one attached hydrogen (secondary N) is 1. The Kier molecular flexibility index (Phi) is 5.38. The molecule has 1 N–H and O–H groups in total. The molecule has 1 heterocycles. The van der Waals surface area contributed by atoms with E-state index in [1.165, 1.54) is 37.5 Å². The number of hydrogen-bond donors (Lipinski definition) is 1. The molecule has 7 heteroatoms. The first-order valence-electron chi connectivity index (χ1n) is 6.98. The average molecular weight is 353 g/mol. The van der Waals surface area contributed by atoms with Crippen molar-refractivity contribution in [3.05, 3.63) is 38.8 Å². The highest BCUT2D eigenvalue weighted by molar-refractivity contribution is 7.11. The van der Waals surface area contributed by atoms with Crippen LogP contribution in [0, 0.1) is 0 Å². The number of halogens is 1. The van der Waals surface area contributed by atoms with Gasteiger partial charge in [0.1, 0.15) is 5.75 Å². The van der Waals surface area contributed by atoms with Crippen LogP contribution in [0.25, 0.3) is 0 Å². The molecule has 5 nitrogen and oxygen atoms in total. The maximum atomic E-state index is 12.3. The number of benzene rings is 1. The summed E-state index contributed by atoms with van der Waals surface area (Å²) in [6, 6.07) is 3.02. The third kappa shape index (κ3) is 3.89. The Morgan fingerprint density at radius 3 is 2.57 bits per heavy atom. The van der Waals surface area contributed by atoms with Gasteiger partial charge in [0.05, 0.1) is 23.5 Å². The number of methoxy groups -OCH3 is 1. The number of carbonyl (C=O) groups excluding carboxylic acids is 2. The summed E-state index contributed by atoms with van der Waals surface area (Å²) in [4.78, 5) is 28.4. The maximum absolute atomic E-state index is 12.3. The highest BCUT2D eigenvalue weighted by atomic mass is 35.5. The first-order valence-corrected chi connectivity index (χ1v) is 8.24. The number of Topliss-reactive ketones (excluding diaryl/α,β-unsaturated/α-hetero) is 1. The van der Waals surface area contributed by atoms with E-state index in [2.05, 4.69) is 10.3 Å². The van der Waals surface area contributed by atoms with Gasteiger partial charge in [-0.1, -0.05) is 25.4 Å². The van der Waals surface area contributed by atoms with E-state index in [1.54, 1.807) is 0 Å². The Bertz CT molecular complexity index is 756. The minimum Gasteiger partial charge on any atom is -0.495 e. The minimum atomic E-state index is -0.370. The molecule has 122 valence electrons. The molecule has 0 aliphatic rings. The zero-order chi connectivity index (χ0) is 17.1. The molecule has 0 bridgehead atoms. The third-order valence-corrected chi connectivity index (χ3v) is 4.38. The van der Waals surface area contributed by atoms with Gasteiger partial charge in [0, 0.05) is 10.9 Å². The SMILES string of the molecule is COc1cc(C(C)=O)c(NC(=O)c2nc(C(C)C)cs2)cc1Cl. The van der Waals surface area contributed by atoms with E-state index < -0.39 is 0 Å². The van der Waals surface area contributed by atoms with Gasteiger partial charge in [-0.2, -0.15) is 0 Å². The first-order chi connectivity index (χ1) is 10.8. The van der Waals surface area contributed by atoms with Crippen LogP contribution in [0.2, 0.25) is 5.02 Å². The number of ether oxygens (including phenoxy) is 1. The lowest BCUT2D eigenvalue weighted by atomic mass is 10.1. The molecule has 2 aromatic rings. The largest absolute Gasteiger partial charge is 0.495 e. The third-order valence-electron chi connectivity index (χ3n) is 3.23. The van der Waals surface area contributed by atoms with Gasteiger partial charge >= 0.3 is 0 Å². The summed E-state index contributed by atoms with van der Waals surface area (Å²) in [6.07, 6.45) is 0. The van der Waals surface area contributed by atoms with Crippen molar-refractivity contribution in [1.82, 2.24) is 4.98 Å². The molecule has 0 radical (unpaired) electrons. The number of carbonyl (C=O) groups is 2. The number of hydrogen-bond acceptors (Lipinski definition) is 5. The summed E-state index contributed by atoms with van der Waals surface area (Å²) in [5.41, 5.74) is 1.54. The molecule has 0 saturated carbocycles. The molecular weight excluding hydrogens is 336 g/mol. The van der Waals surface area contributed by atoms with E-state index in [0.29, 0.717) is 27.0 Å². The molecule has 0 aliphatic carbocycles. The van der Waals surface area contributed by atoms with E-state index in [0.717, 1.165) is 5.69 Å². The zero-order valence-corrected chi connectivity index (χ0v) is 14.8. The van der Waals surface area contributed by atoms with Gasteiger partial charge < -0.3 is 10.1 Å². The fraction of sp³-hybridized carbons (Fsp3) is 0.312.